The lowest BCUT2D eigenvalue weighted by Gasteiger charge is -2.07. The number of rotatable bonds is 4. The minimum atomic E-state index is -4.37. The highest BCUT2D eigenvalue weighted by Crippen LogP contribution is 2.12. The zero-order valence-electron chi connectivity index (χ0n) is 6.32. The minimum absolute atomic E-state index is 0.0768. The van der Waals surface area contributed by atoms with Crippen molar-refractivity contribution in [3.8, 4) is 0 Å². The van der Waals surface area contributed by atoms with E-state index in [1.54, 1.807) is 5.32 Å². The molecule has 0 aliphatic heterocycles. The zero-order valence-corrected chi connectivity index (χ0v) is 6.32. The van der Waals surface area contributed by atoms with Gasteiger partial charge in [0.25, 0.3) is 0 Å². The summed E-state index contributed by atoms with van der Waals surface area (Å²) >= 11 is 0. The molecule has 6 heteroatoms. The Bertz CT molecular complexity index is 146. The summed E-state index contributed by atoms with van der Waals surface area (Å²) in [5, 5.41) is 9.92. The van der Waals surface area contributed by atoms with Gasteiger partial charge in [-0.25, -0.2) is 0 Å². The Balaban J connectivity index is 3.44. The molecule has 0 atom stereocenters. The maximum atomic E-state index is 11.5. The number of aliphatic hydroxyl groups excluding tert-OH is 1. The van der Waals surface area contributed by atoms with Crippen molar-refractivity contribution in [3.05, 3.63) is 0 Å². The lowest BCUT2D eigenvalue weighted by molar-refractivity contribution is -0.138. The molecule has 72 valence electrons. The number of alkyl halides is 3. The van der Waals surface area contributed by atoms with Gasteiger partial charge in [0.2, 0.25) is 5.91 Å². The van der Waals surface area contributed by atoms with Gasteiger partial charge in [0.05, 0.1) is 0 Å². The van der Waals surface area contributed by atoms with Gasteiger partial charge in [-0.2, -0.15) is 13.2 Å². The number of halogens is 3. The van der Waals surface area contributed by atoms with Crippen molar-refractivity contribution in [1.29, 1.82) is 0 Å². The van der Waals surface area contributed by atoms with Crippen LogP contribution in [0.1, 0.15) is 12.8 Å². The van der Waals surface area contributed by atoms with Crippen LogP contribution in [0.25, 0.3) is 0 Å². The molecule has 12 heavy (non-hydrogen) atoms. The summed E-state index contributed by atoms with van der Waals surface area (Å²) in [4.78, 5) is 10.5. The third-order valence-electron chi connectivity index (χ3n) is 1.05. The SMILES string of the molecule is O=C(CCCO)NCC(F)(F)F. The summed E-state index contributed by atoms with van der Waals surface area (Å²) in [6.45, 7) is -1.50. The molecule has 0 saturated heterocycles. The Kier molecular flexibility index (Phi) is 4.65. The van der Waals surface area contributed by atoms with E-state index >= 15 is 0 Å². The van der Waals surface area contributed by atoms with Crippen molar-refractivity contribution in [2.75, 3.05) is 13.2 Å². The number of hydrogen-bond acceptors (Lipinski definition) is 2. The van der Waals surface area contributed by atoms with Gasteiger partial charge in [0.15, 0.2) is 0 Å². The van der Waals surface area contributed by atoms with Gasteiger partial charge in [-0.1, -0.05) is 0 Å². The van der Waals surface area contributed by atoms with E-state index in [1.807, 2.05) is 0 Å². The second-order valence-corrected chi connectivity index (χ2v) is 2.22. The molecular formula is C6H10F3NO2. The molecule has 0 rings (SSSR count). The number of aliphatic hydroxyl groups is 1. The van der Waals surface area contributed by atoms with E-state index < -0.39 is 18.6 Å². The summed E-state index contributed by atoms with van der Waals surface area (Å²) in [7, 11) is 0. The number of carbonyl (C=O) groups excluding carboxylic acids is 1. The van der Waals surface area contributed by atoms with E-state index in [0.717, 1.165) is 0 Å². The third-order valence-corrected chi connectivity index (χ3v) is 1.05. The molecule has 0 bridgehead atoms. The summed E-state index contributed by atoms with van der Waals surface area (Å²) in [5.74, 6) is -0.693. The third kappa shape index (κ3) is 7.33. The van der Waals surface area contributed by atoms with Gasteiger partial charge < -0.3 is 10.4 Å². The summed E-state index contributed by atoms with van der Waals surface area (Å²) in [6, 6.07) is 0. The molecule has 0 aromatic carbocycles. The highest BCUT2D eigenvalue weighted by atomic mass is 19.4. The molecule has 0 aliphatic carbocycles. The van der Waals surface area contributed by atoms with Gasteiger partial charge in [-0.15, -0.1) is 0 Å². The van der Waals surface area contributed by atoms with Crippen LogP contribution in [0.15, 0.2) is 0 Å². The average Bonchev–Trinajstić information content (AvgIpc) is 1.95. The molecule has 0 spiro atoms. The fourth-order valence-electron chi connectivity index (χ4n) is 0.527. The molecule has 0 aromatic rings. The molecule has 0 aromatic heterocycles. The first-order valence-corrected chi connectivity index (χ1v) is 3.40. The Labute approximate surface area is 67.6 Å². The second kappa shape index (κ2) is 4.97. The number of amides is 1. The van der Waals surface area contributed by atoms with Crippen LogP contribution in [-0.4, -0.2) is 30.3 Å². The van der Waals surface area contributed by atoms with Gasteiger partial charge in [0, 0.05) is 13.0 Å². The van der Waals surface area contributed by atoms with E-state index in [4.69, 9.17) is 5.11 Å². The minimum Gasteiger partial charge on any atom is -0.396 e. The van der Waals surface area contributed by atoms with E-state index in [0.29, 0.717) is 0 Å². The van der Waals surface area contributed by atoms with Crippen molar-refractivity contribution < 1.29 is 23.1 Å². The van der Waals surface area contributed by atoms with Crippen molar-refractivity contribution in [2.24, 2.45) is 0 Å². The quantitative estimate of drug-likeness (QED) is 0.667. The molecular weight excluding hydrogens is 175 g/mol. The Hall–Kier alpha value is -0.780. The van der Waals surface area contributed by atoms with Crippen molar-refractivity contribution in [1.82, 2.24) is 5.32 Å². The van der Waals surface area contributed by atoms with E-state index in [1.165, 1.54) is 0 Å². The lowest BCUT2D eigenvalue weighted by atomic mass is 10.3. The molecule has 0 saturated carbocycles. The maximum Gasteiger partial charge on any atom is 0.405 e. The van der Waals surface area contributed by atoms with Crippen LogP contribution in [0.3, 0.4) is 0 Å². The maximum absolute atomic E-state index is 11.5. The van der Waals surface area contributed by atoms with Crippen LogP contribution in [0.5, 0.6) is 0 Å². The fourth-order valence-corrected chi connectivity index (χ4v) is 0.527. The van der Waals surface area contributed by atoms with Crippen LogP contribution in [-0.2, 0) is 4.79 Å². The summed E-state index contributed by atoms with van der Waals surface area (Å²) < 4.78 is 34.4. The first-order chi connectivity index (χ1) is 5.45. The number of carbonyl (C=O) groups is 1. The normalized spacial score (nSPS) is 11.3. The molecule has 0 aliphatic rings. The lowest BCUT2D eigenvalue weighted by Crippen LogP contribution is -2.33. The van der Waals surface area contributed by atoms with Crippen LogP contribution >= 0.6 is 0 Å². The molecule has 3 nitrogen and oxygen atoms in total. The Morgan fingerprint density at radius 3 is 2.42 bits per heavy atom. The fraction of sp³-hybridized carbons (Fsp3) is 0.833. The summed E-state index contributed by atoms with van der Waals surface area (Å²) in [5.41, 5.74) is 0. The van der Waals surface area contributed by atoms with Crippen molar-refractivity contribution in [2.45, 2.75) is 19.0 Å². The van der Waals surface area contributed by atoms with E-state index in [9.17, 15) is 18.0 Å². The Morgan fingerprint density at radius 2 is 2.00 bits per heavy atom. The van der Waals surface area contributed by atoms with E-state index in [2.05, 4.69) is 0 Å². The predicted octanol–water partition coefficient (Wildman–Crippen LogP) is 0.437. The first kappa shape index (κ1) is 11.2. The molecule has 0 unspecified atom stereocenters. The van der Waals surface area contributed by atoms with Gasteiger partial charge >= 0.3 is 6.18 Å². The second-order valence-electron chi connectivity index (χ2n) is 2.22. The highest BCUT2D eigenvalue weighted by molar-refractivity contribution is 5.75. The number of hydrogen-bond donors (Lipinski definition) is 2. The molecule has 2 N–H and O–H groups in total. The molecule has 0 heterocycles. The van der Waals surface area contributed by atoms with Crippen molar-refractivity contribution >= 4 is 5.91 Å². The van der Waals surface area contributed by atoms with Crippen molar-refractivity contribution in [3.63, 3.8) is 0 Å². The smallest absolute Gasteiger partial charge is 0.396 e. The van der Waals surface area contributed by atoms with Gasteiger partial charge in [-0.05, 0) is 6.42 Å². The monoisotopic (exact) mass is 185 g/mol. The standard InChI is InChI=1S/C6H10F3NO2/c7-6(8,9)4-10-5(12)2-1-3-11/h11H,1-4H2,(H,10,12). The summed E-state index contributed by atoms with van der Waals surface area (Å²) in [6.07, 6.45) is -4.26. The number of nitrogens with one attached hydrogen (secondary N) is 1. The molecule has 0 fully saturated rings. The average molecular weight is 185 g/mol. The topological polar surface area (TPSA) is 49.3 Å². The van der Waals surface area contributed by atoms with Crippen LogP contribution in [0.4, 0.5) is 13.2 Å². The largest absolute Gasteiger partial charge is 0.405 e. The van der Waals surface area contributed by atoms with Crippen LogP contribution in [0, 0.1) is 0 Å². The van der Waals surface area contributed by atoms with Gasteiger partial charge in [0.1, 0.15) is 6.54 Å². The van der Waals surface area contributed by atoms with Crippen LogP contribution in [0.2, 0.25) is 0 Å². The predicted molar refractivity (Wildman–Crippen MR) is 35.4 cm³/mol. The van der Waals surface area contributed by atoms with Gasteiger partial charge in [-0.3, -0.25) is 4.79 Å². The Morgan fingerprint density at radius 1 is 1.42 bits per heavy atom. The zero-order chi connectivity index (χ0) is 9.61. The van der Waals surface area contributed by atoms with E-state index in [-0.39, 0.29) is 19.4 Å². The van der Waals surface area contributed by atoms with Crippen LogP contribution < -0.4 is 5.32 Å². The highest BCUT2D eigenvalue weighted by Gasteiger charge is 2.27. The first-order valence-electron chi connectivity index (χ1n) is 3.40. The molecule has 1 amide bonds. The molecule has 0 radical (unpaired) electrons.